The first-order valence-electron chi connectivity index (χ1n) is 7.65. The molecule has 0 saturated heterocycles. The highest BCUT2D eigenvalue weighted by molar-refractivity contribution is 5.89. The number of carbonyl (C=O) groups excluding carboxylic acids is 2. The van der Waals surface area contributed by atoms with Crippen molar-refractivity contribution in [1.29, 1.82) is 0 Å². The number of carbonyl (C=O) groups is 3. The molecule has 2 rings (SSSR count). The third kappa shape index (κ3) is 13.2. The van der Waals surface area contributed by atoms with Crippen LogP contribution in [0, 0.1) is 0 Å². The first kappa shape index (κ1) is 22.0. The summed E-state index contributed by atoms with van der Waals surface area (Å²) >= 11 is 0. The Hall–Kier alpha value is -2.99. The van der Waals surface area contributed by atoms with Gasteiger partial charge in [-0.05, 0) is 42.8 Å². The maximum atomic E-state index is 10.6. The Morgan fingerprint density at radius 1 is 1.04 bits per heavy atom. The zero-order chi connectivity index (χ0) is 19.1. The predicted octanol–water partition coefficient (Wildman–Crippen LogP) is 2.74. The van der Waals surface area contributed by atoms with Gasteiger partial charge in [0.15, 0.2) is 0 Å². The second-order valence-electron chi connectivity index (χ2n) is 4.96. The number of nitrogens with two attached hydrogens (primary N) is 1. The molecule has 0 fully saturated rings. The van der Waals surface area contributed by atoms with Crippen molar-refractivity contribution in [2.45, 2.75) is 20.3 Å². The predicted molar refractivity (Wildman–Crippen MR) is 98.6 cm³/mol. The Kier molecular flexibility index (Phi) is 11.8. The van der Waals surface area contributed by atoms with E-state index in [1.165, 1.54) is 12.5 Å². The Morgan fingerprint density at radius 2 is 1.56 bits per heavy atom. The van der Waals surface area contributed by atoms with E-state index in [1.807, 2.05) is 18.2 Å². The smallest absolute Gasteiger partial charge is 0.300 e. The van der Waals surface area contributed by atoms with Crippen LogP contribution in [0.4, 0.5) is 5.69 Å². The standard InChI is InChI=1S/C9H9NO2.C8H11N.C2H4O2/c1-7(12)10-9-4-2-8(6-11)3-5-9;9-7-6-8-4-2-1-3-5-8;1-2(3)4/h2-6H,1H3,(H,10,12);1-5H,6-7,9H2;1H3,(H,3,4). The van der Waals surface area contributed by atoms with Gasteiger partial charge in [0, 0.05) is 25.1 Å². The van der Waals surface area contributed by atoms with E-state index in [4.69, 9.17) is 15.6 Å². The van der Waals surface area contributed by atoms with Gasteiger partial charge >= 0.3 is 0 Å². The van der Waals surface area contributed by atoms with Crippen LogP contribution in [0.1, 0.15) is 29.8 Å². The minimum Gasteiger partial charge on any atom is -0.481 e. The molecule has 0 aliphatic rings. The quantitative estimate of drug-likeness (QED) is 0.739. The van der Waals surface area contributed by atoms with E-state index in [1.54, 1.807) is 24.3 Å². The first-order valence-corrected chi connectivity index (χ1v) is 7.65. The lowest BCUT2D eigenvalue weighted by Crippen LogP contribution is -2.05. The zero-order valence-corrected chi connectivity index (χ0v) is 14.4. The highest BCUT2D eigenvalue weighted by Gasteiger charge is 1.94. The minimum atomic E-state index is -0.833. The van der Waals surface area contributed by atoms with E-state index in [0.717, 1.165) is 26.2 Å². The Balaban J connectivity index is 0.000000391. The lowest BCUT2D eigenvalue weighted by molar-refractivity contribution is -0.134. The molecule has 0 unspecified atom stereocenters. The van der Waals surface area contributed by atoms with Gasteiger partial charge in [0.2, 0.25) is 5.91 Å². The van der Waals surface area contributed by atoms with Crippen molar-refractivity contribution in [2.75, 3.05) is 11.9 Å². The van der Waals surface area contributed by atoms with E-state index >= 15 is 0 Å². The van der Waals surface area contributed by atoms with E-state index in [-0.39, 0.29) is 5.91 Å². The second-order valence-corrected chi connectivity index (χ2v) is 4.96. The summed E-state index contributed by atoms with van der Waals surface area (Å²) in [5.74, 6) is -0.950. The lowest BCUT2D eigenvalue weighted by atomic mass is 10.2. The molecular weight excluding hydrogens is 320 g/mol. The summed E-state index contributed by atoms with van der Waals surface area (Å²) in [4.78, 5) is 29.8. The summed E-state index contributed by atoms with van der Waals surface area (Å²) in [6, 6.07) is 16.9. The number of carboxylic acid groups (broad SMARTS) is 1. The van der Waals surface area contributed by atoms with Crippen LogP contribution < -0.4 is 11.1 Å². The van der Waals surface area contributed by atoms with Gasteiger partial charge in [-0.25, -0.2) is 0 Å². The fraction of sp³-hybridized carbons (Fsp3) is 0.211. The number of benzene rings is 2. The van der Waals surface area contributed by atoms with Crippen molar-refractivity contribution >= 4 is 23.9 Å². The summed E-state index contributed by atoms with van der Waals surface area (Å²) in [7, 11) is 0. The Labute approximate surface area is 147 Å². The third-order valence-electron chi connectivity index (χ3n) is 2.64. The molecule has 0 bridgehead atoms. The van der Waals surface area contributed by atoms with Gasteiger partial charge in [-0.1, -0.05) is 30.3 Å². The number of rotatable bonds is 4. The molecule has 0 aliphatic carbocycles. The van der Waals surface area contributed by atoms with E-state index in [0.29, 0.717) is 11.3 Å². The SMILES string of the molecule is CC(=O)Nc1ccc(C=O)cc1.CC(=O)O.NCCc1ccccc1. The van der Waals surface area contributed by atoms with Crippen LogP contribution in [0.25, 0.3) is 0 Å². The molecule has 6 nitrogen and oxygen atoms in total. The van der Waals surface area contributed by atoms with E-state index in [9.17, 15) is 9.59 Å². The average molecular weight is 344 g/mol. The number of hydrogen-bond acceptors (Lipinski definition) is 4. The molecule has 25 heavy (non-hydrogen) atoms. The first-order chi connectivity index (χ1) is 11.9. The second kappa shape index (κ2) is 13.4. The molecule has 4 N–H and O–H groups in total. The normalized spacial score (nSPS) is 8.76. The molecule has 1 amide bonds. The van der Waals surface area contributed by atoms with Crippen LogP contribution in [-0.4, -0.2) is 29.8 Å². The molecule has 2 aromatic rings. The van der Waals surface area contributed by atoms with Crippen molar-refractivity contribution in [1.82, 2.24) is 0 Å². The third-order valence-corrected chi connectivity index (χ3v) is 2.64. The van der Waals surface area contributed by atoms with Crippen molar-refractivity contribution in [2.24, 2.45) is 5.73 Å². The fourth-order valence-corrected chi connectivity index (χ4v) is 1.66. The summed E-state index contributed by atoms with van der Waals surface area (Å²) < 4.78 is 0. The van der Waals surface area contributed by atoms with Gasteiger partial charge in [-0.3, -0.25) is 14.4 Å². The van der Waals surface area contributed by atoms with Crippen LogP contribution in [0.5, 0.6) is 0 Å². The van der Waals surface area contributed by atoms with Crippen molar-refractivity contribution in [3.8, 4) is 0 Å². The molecule has 0 aromatic heterocycles. The monoisotopic (exact) mass is 344 g/mol. The van der Waals surface area contributed by atoms with Gasteiger partial charge in [0.1, 0.15) is 6.29 Å². The Bertz CT molecular complexity index is 636. The largest absolute Gasteiger partial charge is 0.481 e. The van der Waals surface area contributed by atoms with E-state index < -0.39 is 5.97 Å². The number of anilines is 1. The van der Waals surface area contributed by atoms with Crippen molar-refractivity contribution in [3.63, 3.8) is 0 Å². The minimum absolute atomic E-state index is 0.117. The molecule has 0 heterocycles. The van der Waals surface area contributed by atoms with Crippen molar-refractivity contribution < 1.29 is 19.5 Å². The van der Waals surface area contributed by atoms with Gasteiger partial charge in [-0.2, -0.15) is 0 Å². The molecule has 0 atom stereocenters. The van der Waals surface area contributed by atoms with Gasteiger partial charge in [0.05, 0.1) is 0 Å². The average Bonchev–Trinajstić information content (AvgIpc) is 2.56. The molecule has 2 aromatic carbocycles. The molecule has 0 saturated carbocycles. The molecule has 6 heteroatoms. The van der Waals surface area contributed by atoms with Crippen LogP contribution in [0.3, 0.4) is 0 Å². The molecular formula is C19H24N2O4. The molecule has 0 aliphatic heterocycles. The highest BCUT2D eigenvalue weighted by Crippen LogP contribution is 2.07. The number of nitrogens with one attached hydrogen (secondary N) is 1. The number of aldehydes is 1. The van der Waals surface area contributed by atoms with Crippen LogP contribution in [-0.2, 0) is 16.0 Å². The van der Waals surface area contributed by atoms with Gasteiger partial charge in [-0.15, -0.1) is 0 Å². The summed E-state index contributed by atoms with van der Waals surface area (Å²) in [5.41, 5.74) is 7.98. The van der Waals surface area contributed by atoms with Crippen LogP contribution in [0.2, 0.25) is 0 Å². The van der Waals surface area contributed by atoms with Crippen molar-refractivity contribution in [3.05, 3.63) is 65.7 Å². The number of amides is 1. The summed E-state index contributed by atoms with van der Waals surface area (Å²) in [6.07, 6.45) is 1.75. The van der Waals surface area contributed by atoms with Crippen LogP contribution in [0.15, 0.2) is 54.6 Å². The maximum absolute atomic E-state index is 10.6. The molecule has 134 valence electrons. The summed E-state index contributed by atoms with van der Waals surface area (Å²) in [6.45, 7) is 3.26. The van der Waals surface area contributed by atoms with Crippen LogP contribution >= 0.6 is 0 Å². The number of hydrogen-bond donors (Lipinski definition) is 3. The lowest BCUT2D eigenvalue weighted by Gasteiger charge is -2.00. The number of aliphatic carboxylic acids is 1. The molecule has 0 radical (unpaired) electrons. The van der Waals surface area contributed by atoms with E-state index in [2.05, 4.69) is 17.4 Å². The Morgan fingerprint density at radius 3 is 1.96 bits per heavy atom. The zero-order valence-electron chi connectivity index (χ0n) is 14.4. The highest BCUT2D eigenvalue weighted by atomic mass is 16.4. The van der Waals surface area contributed by atoms with Gasteiger partial charge in [0.25, 0.3) is 5.97 Å². The van der Waals surface area contributed by atoms with Gasteiger partial charge < -0.3 is 16.2 Å². The fourth-order valence-electron chi connectivity index (χ4n) is 1.66. The molecule has 0 spiro atoms. The summed E-state index contributed by atoms with van der Waals surface area (Å²) in [5, 5.41) is 10.0. The topological polar surface area (TPSA) is 109 Å². The maximum Gasteiger partial charge on any atom is 0.300 e. The number of carboxylic acids is 1.